The Morgan fingerprint density at radius 1 is 0.833 bits per heavy atom. The number of pyridine rings is 1. The third kappa shape index (κ3) is 7.31. The number of carboxylic acids is 1. The van der Waals surface area contributed by atoms with Gasteiger partial charge in [0.15, 0.2) is 5.82 Å². The van der Waals surface area contributed by atoms with E-state index in [-0.39, 0.29) is 11.7 Å². The summed E-state index contributed by atoms with van der Waals surface area (Å²) in [6.07, 6.45) is 0.303. The smallest absolute Gasteiger partial charge is 0.475 e. The Labute approximate surface area is 272 Å². The summed E-state index contributed by atoms with van der Waals surface area (Å²) in [6, 6.07) is 30.6. The van der Waals surface area contributed by atoms with E-state index in [9.17, 15) is 18.0 Å². The second kappa shape index (κ2) is 14.0. The number of hydrogen-bond acceptors (Lipinski definition) is 7. The molecule has 3 aromatic heterocycles. The molecule has 0 saturated carbocycles. The lowest BCUT2D eigenvalue weighted by Gasteiger charge is -2.32. The van der Waals surface area contributed by atoms with Crippen LogP contribution < -0.4 is 5.69 Å². The van der Waals surface area contributed by atoms with Crippen LogP contribution in [0.5, 0.6) is 0 Å². The molecule has 0 atom stereocenters. The highest BCUT2D eigenvalue weighted by molar-refractivity contribution is 5.79. The van der Waals surface area contributed by atoms with Crippen molar-refractivity contribution in [2.24, 2.45) is 0 Å². The standard InChI is InChI=1S/C33H29N7O.C2HF3O2/c41-33-35-28-10-4-5-11-29(28)40(33)27-16-19-39(20-17-27)22-23-12-14-25(15-13-23)30-31(24-7-2-1-3-8-24)37-38-32(36-30)26-9-6-18-34-21-26;3-2(4,5)1(6)7/h1-15,18,21,27H,16-17,19-20,22H2,(H,35,41);(H,6,7). The van der Waals surface area contributed by atoms with E-state index >= 15 is 0 Å². The molecule has 0 amide bonds. The van der Waals surface area contributed by atoms with Crippen LogP contribution >= 0.6 is 0 Å². The van der Waals surface area contributed by atoms with Gasteiger partial charge < -0.3 is 10.1 Å². The van der Waals surface area contributed by atoms with Crippen molar-refractivity contribution in [2.75, 3.05) is 13.1 Å². The molecule has 4 heterocycles. The number of fused-ring (bicyclic) bond motifs is 1. The maximum Gasteiger partial charge on any atom is 0.490 e. The van der Waals surface area contributed by atoms with Crippen LogP contribution in [0.1, 0.15) is 24.4 Å². The quantitative estimate of drug-likeness (QED) is 0.212. The molecular formula is C35H30F3N7O3. The molecule has 1 aliphatic rings. The van der Waals surface area contributed by atoms with Gasteiger partial charge >= 0.3 is 17.8 Å². The van der Waals surface area contributed by atoms with Crippen LogP contribution in [0.2, 0.25) is 0 Å². The van der Waals surface area contributed by atoms with Gasteiger partial charge in [-0.2, -0.15) is 13.2 Å². The molecule has 0 bridgehead atoms. The lowest BCUT2D eigenvalue weighted by Crippen LogP contribution is -2.36. The summed E-state index contributed by atoms with van der Waals surface area (Å²) in [6.45, 7) is 2.76. The van der Waals surface area contributed by atoms with E-state index in [4.69, 9.17) is 14.9 Å². The average Bonchev–Trinajstić information content (AvgIpc) is 3.45. The number of likely N-dealkylation sites (tertiary alicyclic amines) is 1. The highest BCUT2D eigenvalue weighted by Crippen LogP contribution is 2.31. The fraction of sp³-hybridized carbons (Fsp3) is 0.200. The first-order valence-corrected chi connectivity index (χ1v) is 15.2. The zero-order valence-corrected chi connectivity index (χ0v) is 25.5. The maximum atomic E-state index is 12.7. The normalized spacial score (nSPS) is 14.0. The van der Waals surface area contributed by atoms with Crippen molar-refractivity contribution in [1.29, 1.82) is 0 Å². The predicted octanol–water partition coefficient (Wildman–Crippen LogP) is 6.38. The molecule has 1 fully saturated rings. The van der Waals surface area contributed by atoms with Crippen LogP contribution in [0.4, 0.5) is 13.2 Å². The monoisotopic (exact) mass is 653 g/mol. The molecule has 0 spiro atoms. The van der Waals surface area contributed by atoms with E-state index in [1.165, 1.54) is 5.56 Å². The fourth-order valence-electron chi connectivity index (χ4n) is 5.73. The Hall–Kier alpha value is -5.69. The number of piperidine rings is 1. The number of aromatic nitrogens is 6. The zero-order chi connectivity index (χ0) is 33.7. The molecule has 7 rings (SSSR count). The molecule has 0 aliphatic carbocycles. The van der Waals surface area contributed by atoms with E-state index in [1.807, 2.05) is 71.3 Å². The van der Waals surface area contributed by atoms with Crippen molar-refractivity contribution in [2.45, 2.75) is 31.6 Å². The third-order valence-electron chi connectivity index (χ3n) is 8.08. The number of halogens is 3. The van der Waals surface area contributed by atoms with E-state index < -0.39 is 12.1 Å². The molecular weight excluding hydrogens is 623 g/mol. The number of carboxylic acid groups (broad SMARTS) is 1. The molecule has 6 aromatic rings. The number of nitrogens with one attached hydrogen (secondary N) is 1. The van der Waals surface area contributed by atoms with Gasteiger partial charge in [0, 0.05) is 54.8 Å². The molecule has 3 aromatic carbocycles. The van der Waals surface area contributed by atoms with Crippen LogP contribution in [0.25, 0.3) is 44.9 Å². The fourth-order valence-corrected chi connectivity index (χ4v) is 5.73. The number of hydrogen-bond donors (Lipinski definition) is 2. The van der Waals surface area contributed by atoms with E-state index in [0.717, 1.165) is 71.6 Å². The van der Waals surface area contributed by atoms with Crippen molar-refractivity contribution in [3.63, 3.8) is 0 Å². The van der Waals surface area contributed by atoms with Crippen LogP contribution in [0, 0.1) is 0 Å². The molecule has 1 saturated heterocycles. The summed E-state index contributed by atoms with van der Waals surface area (Å²) < 4.78 is 33.7. The summed E-state index contributed by atoms with van der Waals surface area (Å²) in [5, 5.41) is 16.1. The van der Waals surface area contributed by atoms with Crippen molar-refractivity contribution >= 4 is 17.0 Å². The van der Waals surface area contributed by atoms with Gasteiger partial charge in [0.2, 0.25) is 0 Å². The highest BCUT2D eigenvalue weighted by atomic mass is 19.4. The average molecular weight is 654 g/mol. The second-order valence-corrected chi connectivity index (χ2v) is 11.3. The van der Waals surface area contributed by atoms with Crippen LogP contribution in [0.3, 0.4) is 0 Å². The summed E-state index contributed by atoms with van der Waals surface area (Å²) in [5.74, 6) is -2.21. The minimum atomic E-state index is -5.08. The van der Waals surface area contributed by atoms with Crippen LogP contribution in [-0.4, -0.2) is 65.0 Å². The lowest BCUT2D eigenvalue weighted by atomic mass is 10.0. The number of aliphatic carboxylic acids is 1. The third-order valence-corrected chi connectivity index (χ3v) is 8.08. The number of nitrogens with zero attached hydrogens (tertiary/aromatic N) is 6. The number of carbonyl (C=O) groups is 1. The number of para-hydroxylation sites is 2. The SMILES string of the molecule is O=C(O)C(F)(F)F.O=c1[nH]c2ccccc2n1C1CCN(Cc2ccc(-c3nc(-c4cccnc4)nnc3-c3ccccc3)cc2)CC1. The zero-order valence-electron chi connectivity index (χ0n) is 25.5. The van der Waals surface area contributed by atoms with Gasteiger partial charge in [-0.05, 0) is 42.7 Å². The molecule has 0 radical (unpaired) electrons. The summed E-state index contributed by atoms with van der Waals surface area (Å²) in [4.78, 5) is 36.2. The summed E-state index contributed by atoms with van der Waals surface area (Å²) in [7, 11) is 0. The Balaban J connectivity index is 0.000000519. The highest BCUT2D eigenvalue weighted by Gasteiger charge is 2.38. The van der Waals surface area contributed by atoms with E-state index in [1.54, 1.807) is 12.4 Å². The number of rotatable bonds is 6. The van der Waals surface area contributed by atoms with Gasteiger partial charge in [0.05, 0.1) is 11.0 Å². The Kier molecular flexibility index (Phi) is 9.39. The van der Waals surface area contributed by atoms with Crippen molar-refractivity contribution in [1.82, 2.24) is 34.6 Å². The van der Waals surface area contributed by atoms with Gasteiger partial charge in [0.1, 0.15) is 11.4 Å². The minimum Gasteiger partial charge on any atom is -0.475 e. The van der Waals surface area contributed by atoms with Gasteiger partial charge in [0.25, 0.3) is 0 Å². The number of benzene rings is 3. The lowest BCUT2D eigenvalue weighted by molar-refractivity contribution is -0.192. The number of aromatic amines is 1. The topological polar surface area (TPSA) is 130 Å². The molecule has 1 aliphatic heterocycles. The first-order chi connectivity index (χ1) is 23.2. The molecule has 13 heteroatoms. The van der Waals surface area contributed by atoms with Crippen LogP contribution in [0.15, 0.2) is 108 Å². The van der Waals surface area contributed by atoms with Gasteiger partial charge in [-0.15, -0.1) is 10.2 Å². The Bertz CT molecular complexity index is 2060. The van der Waals surface area contributed by atoms with E-state index in [2.05, 4.69) is 49.3 Å². The summed E-state index contributed by atoms with van der Waals surface area (Å²) >= 11 is 0. The van der Waals surface area contributed by atoms with Crippen molar-refractivity contribution in [3.8, 4) is 33.9 Å². The number of imidazole rings is 1. The van der Waals surface area contributed by atoms with E-state index in [0.29, 0.717) is 5.82 Å². The Morgan fingerprint density at radius 3 is 2.15 bits per heavy atom. The predicted molar refractivity (Wildman–Crippen MR) is 174 cm³/mol. The van der Waals surface area contributed by atoms with Crippen LogP contribution in [-0.2, 0) is 11.3 Å². The number of alkyl halides is 3. The second-order valence-electron chi connectivity index (χ2n) is 11.3. The molecule has 244 valence electrons. The molecule has 10 nitrogen and oxygen atoms in total. The van der Waals surface area contributed by atoms with Crippen molar-refractivity contribution < 1.29 is 23.1 Å². The number of H-pyrrole nitrogens is 1. The summed E-state index contributed by atoms with van der Waals surface area (Å²) in [5.41, 5.74) is 7.46. The van der Waals surface area contributed by atoms with Gasteiger partial charge in [-0.3, -0.25) is 14.5 Å². The van der Waals surface area contributed by atoms with Gasteiger partial charge in [-0.25, -0.2) is 14.6 Å². The first-order valence-electron chi connectivity index (χ1n) is 15.2. The van der Waals surface area contributed by atoms with Gasteiger partial charge in [-0.1, -0.05) is 66.7 Å². The molecule has 2 N–H and O–H groups in total. The van der Waals surface area contributed by atoms with Crippen molar-refractivity contribution in [3.05, 3.63) is 119 Å². The minimum absolute atomic E-state index is 0.0130. The first kappa shape index (κ1) is 32.3. The maximum absolute atomic E-state index is 12.7. The Morgan fingerprint density at radius 2 is 1.48 bits per heavy atom. The molecule has 48 heavy (non-hydrogen) atoms. The molecule has 0 unspecified atom stereocenters. The largest absolute Gasteiger partial charge is 0.490 e.